The van der Waals surface area contributed by atoms with Crippen molar-refractivity contribution in [3.8, 4) is 11.1 Å². The lowest BCUT2D eigenvalue weighted by Gasteiger charge is -2.25. The summed E-state index contributed by atoms with van der Waals surface area (Å²) in [5.74, 6) is -0.447. The molecule has 3 aromatic carbocycles. The second kappa shape index (κ2) is 15.6. The third kappa shape index (κ3) is 8.82. The Labute approximate surface area is 247 Å². The van der Waals surface area contributed by atoms with Crippen LogP contribution >= 0.6 is 11.8 Å². The van der Waals surface area contributed by atoms with Crippen LogP contribution in [0.1, 0.15) is 47.7 Å². The number of sulfonamides is 1. The molecule has 0 heterocycles. The van der Waals surface area contributed by atoms with E-state index in [1.54, 1.807) is 36.0 Å². The van der Waals surface area contributed by atoms with E-state index in [0.717, 1.165) is 23.1 Å². The summed E-state index contributed by atoms with van der Waals surface area (Å²) in [6, 6.07) is 21.1. The summed E-state index contributed by atoms with van der Waals surface area (Å²) in [4.78, 5) is 35.3. The molecular formula is C31H38N2O6S2. The van der Waals surface area contributed by atoms with Gasteiger partial charge in [0.2, 0.25) is 10.0 Å². The number of hydrogen-bond acceptors (Lipinski definition) is 7. The van der Waals surface area contributed by atoms with Crippen molar-refractivity contribution in [1.82, 2.24) is 5.32 Å². The van der Waals surface area contributed by atoms with Crippen molar-refractivity contribution in [2.45, 2.75) is 45.7 Å². The van der Waals surface area contributed by atoms with Gasteiger partial charge in [0.25, 0.3) is 5.91 Å². The fraction of sp³-hybridized carbons (Fsp3) is 0.355. The van der Waals surface area contributed by atoms with Gasteiger partial charge in [-0.2, -0.15) is 16.6 Å². The topological polar surface area (TPSA) is 102 Å². The average molecular weight is 599 g/mol. The molecule has 0 fully saturated rings. The fourth-order valence-corrected chi connectivity index (χ4v) is 6.53. The van der Waals surface area contributed by atoms with Gasteiger partial charge < -0.3 is 5.32 Å². The standard InChI is InChI=1S/C31H38N2O6S2/c1-5-6-20-41(36,37)33(25-13-8-7-9-14-25)22-24-16-17-27(28(21-24)26-15-11-10-12-23(26)2)30(34)32-29(18-19-40-4)31(35)39-38-3/h7-17,21,29H,5-6,18-20,22H2,1-4H3,(H,32,34). The van der Waals surface area contributed by atoms with Crippen LogP contribution in [0.4, 0.5) is 5.69 Å². The van der Waals surface area contributed by atoms with Crippen LogP contribution in [0.2, 0.25) is 0 Å². The Bertz CT molecular complexity index is 1410. The number of unbranched alkanes of at least 4 members (excludes halogenated alkanes) is 1. The molecule has 0 radical (unpaired) electrons. The predicted octanol–water partition coefficient (Wildman–Crippen LogP) is 5.75. The summed E-state index contributed by atoms with van der Waals surface area (Å²) in [6.45, 7) is 4.01. The predicted molar refractivity (Wildman–Crippen MR) is 165 cm³/mol. The van der Waals surface area contributed by atoms with E-state index < -0.39 is 27.9 Å². The van der Waals surface area contributed by atoms with E-state index in [4.69, 9.17) is 4.89 Å². The second-order valence-electron chi connectivity index (χ2n) is 9.58. The van der Waals surface area contributed by atoms with E-state index in [-0.39, 0.29) is 12.3 Å². The van der Waals surface area contributed by atoms with E-state index in [2.05, 4.69) is 10.2 Å². The number of benzene rings is 3. The Morgan fingerprint density at radius 3 is 2.37 bits per heavy atom. The number of nitrogens with zero attached hydrogens (tertiary/aromatic N) is 1. The molecule has 0 aliphatic rings. The zero-order valence-electron chi connectivity index (χ0n) is 24.0. The summed E-state index contributed by atoms with van der Waals surface area (Å²) >= 11 is 1.55. The van der Waals surface area contributed by atoms with Crippen LogP contribution < -0.4 is 9.62 Å². The Hall–Kier alpha value is -3.34. The van der Waals surface area contributed by atoms with Crippen LogP contribution in [0.15, 0.2) is 72.8 Å². The molecule has 3 rings (SSSR count). The molecule has 1 atom stereocenters. The van der Waals surface area contributed by atoms with Crippen LogP contribution in [-0.4, -0.2) is 51.2 Å². The molecule has 41 heavy (non-hydrogen) atoms. The van der Waals surface area contributed by atoms with E-state index in [9.17, 15) is 18.0 Å². The molecule has 1 amide bonds. The maximum atomic E-state index is 13.6. The van der Waals surface area contributed by atoms with Gasteiger partial charge in [-0.25, -0.2) is 13.2 Å². The van der Waals surface area contributed by atoms with Gasteiger partial charge in [-0.05, 0) is 78.3 Å². The molecule has 0 aliphatic carbocycles. The number of para-hydroxylation sites is 1. The Morgan fingerprint density at radius 1 is 1.00 bits per heavy atom. The fourth-order valence-electron chi connectivity index (χ4n) is 4.39. The van der Waals surface area contributed by atoms with Crippen LogP contribution in [0, 0.1) is 6.92 Å². The molecule has 0 spiro atoms. The van der Waals surface area contributed by atoms with Crippen molar-refractivity contribution in [2.24, 2.45) is 0 Å². The summed E-state index contributed by atoms with van der Waals surface area (Å²) in [7, 11) is -2.36. The van der Waals surface area contributed by atoms with Crippen LogP contribution in [0.5, 0.6) is 0 Å². The molecule has 10 heteroatoms. The molecule has 220 valence electrons. The third-order valence-corrected chi connectivity index (χ3v) is 9.05. The maximum absolute atomic E-state index is 13.6. The number of thioether (sulfide) groups is 1. The Kier molecular flexibility index (Phi) is 12.2. The van der Waals surface area contributed by atoms with Crippen LogP contribution in [-0.2, 0) is 31.1 Å². The lowest BCUT2D eigenvalue weighted by Crippen LogP contribution is -2.42. The molecule has 3 aromatic rings. The highest BCUT2D eigenvalue weighted by atomic mass is 32.2. The lowest BCUT2D eigenvalue weighted by atomic mass is 9.93. The van der Waals surface area contributed by atoms with Crippen molar-refractivity contribution >= 4 is 39.3 Å². The average Bonchev–Trinajstić information content (AvgIpc) is 2.97. The first-order valence-corrected chi connectivity index (χ1v) is 16.5. The van der Waals surface area contributed by atoms with E-state index >= 15 is 0 Å². The molecule has 0 aromatic heterocycles. The van der Waals surface area contributed by atoms with Crippen LogP contribution in [0.3, 0.4) is 0 Å². The first-order valence-electron chi connectivity index (χ1n) is 13.5. The first kappa shape index (κ1) is 32.2. The van der Waals surface area contributed by atoms with Gasteiger partial charge >= 0.3 is 5.97 Å². The molecule has 0 saturated carbocycles. The van der Waals surface area contributed by atoms with E-state index in [1.165, 1.54) is 11.4 Å². The summed E-state index contributed by atoms with van der Waals surface area (Å²) < 4.78 is 28.2. The number of rotatable bonds is 15. The summed E-state index contributed by atoms with van der Waals surface area (Å²) in [5, 5.41) is 2.80. The summed E-state index contributed by atoms with van der Waals surface area (Å²) in [5.41, 5.74) is 4.09. The van der Waals surface area contributed by atoms with Gasteiger partial charge in [0.15, 0.2) is 0 Å². The van der Waals surface area contributed by atoms with Crippen molar-refractivity contribution < 1.29 is 27.8 Å². The SMILES string of the molecule is CCCCS(=O)(=O)N(Cc1ccc(C(=O)NC(CCSC)C(=O)OOC)c(-c2ccccc2C)c1)c1ccccc1. The number of carbonyl (C=O) groups excluding carboxylic acids is 2. The van der Waals surface area contributed by atoms with E-state index in [0.29, 0.717) is 35.4 Å². The second-order valence-corrected chi connectivity index (χ2v) is 12.6. The zero-order chi connectivity index (χ0) is 29.8. The van der Waals surface area contributed by atoms with Gasteiger partial charge in [0.05, 0.1) is 25.1 Å². The molecule has 8 nitrogen and oxygen atoms in total. The van der Waals surface area contributed by atoms with Gasteiger partial charge in [0.1, 0.15) is 6.04 Å². The van der Waals surface area contributed by atoms with E-state index in [1.807, 2.05) is 68.6 Å². The summed E-state index contributed by atoms with van der Waals surface area (Å²) in [6.07, 6.45) is 3.60. The highest BCUT2D eigenvalue weighted by molar-refractivity contribution is 7.98. The van der Waals surface area contributed by atoms with Gasteiger partial charge in [-0.3, -0.25) is 14.0 Å². The van der Waals surface area contributed by atoms with Gasteiger partial charge in [-0.1, -0.05) is 61.9 Å². The van der Waals surface area contributed by atoms with Crippen molar-refractivity contribution in [2.75, 3.05) is 29.2 Å². The minimum absolute atomic E-state index is 0.0402. The lowest BCUT2D eigenvalue weighted by molar-refractivity contribution is -0.256. The molecular weight excluding hydrogens is 560 g/mol. The van der Waals surface area contributed by atoms with Crippen molar-refractivity contribution in [3.05, 3.63) is 89.5 Å². The molecule has 1 unspecified atom stereocenters. The van der Waals surface area contributed by atoms with Crippen molar-refractivity contribution in [1.29, 1.82) is 0 Å². The molecule has 0 aliphatic heterocycles. The highest BCUT2D eigenvalue weighted by Crippen LogP contribution is 2.30. The quantitative estimate of drug-likeness (QED) is 0.175. The smallest absolute Gasteiger partial charge is 0.338 e. The molecule has 0 bridgehead atoms. The molecule has 0 saturated heterocycles. The number of nitrogens with one attached hydrogen (secondary N) is 1. The normalized spacial score (nSPS) is 12.0. The Morgan fingerprint density at radius 2 is 1.71 bits per heavy atom. The van der Waals surface area contributed by atoms with Crippen LogP contribution in [0.25, 0.3) is 11.1 Å². The number of carbonyl (C=O) groups is 2. The monoisotopic (exact) mass is 598 g/mol. The van der Waals surface area contributed by atoms with Gasteiger partial charge in [-0.15, -0.1) is 0 Å². The third-order valence-electron chi connectivity index (χ3n) is 6.59. The number of aryl methyl sites for hydroxylation is 1. The minimum Gasteiger partial charge on any atom is -0.338 e. The zero-order valence-corrected chi connectivity index (χ0v) is 25.6. The number of hydrogen-bond donors (Lipinski definition) is 1. The maximum Gasteiger partial charge on any atom is 0.364 e. The minimum atomic E-state index is -3.60. The highest BCUT2D eigenvalue weighted by Gasteiger charge is 2.26. The van der Waals surface area contributed by atoms with Crippen molar-refractivity contribution in [3.63, 3.8) is 0 Å². The largest absolute Gasteiger partial charge is 0.364 e. The van der Waals surface area contributed by atoms with Gasteiger partial charge in [0, 0.05) is 5.56 Å². The number of amides is 1. The molecule has 1 N–H and O–H groups in total. The number of anilines is 1. The first-order chi connectivity index (χ1) is 19.7. The Balaban J connectivity index is 2.05.